The quantitative estimate of drug-likeness (QED) is 0.929. The van der Waals surface area contributed by atoms with E-state index in [2.05, 4.69) is 24.4 Å². The van der Waals surface area contributed by atoms with Crippen LogP contribution >= 0.6 is 0 Å². The number of amides is 1. The molecule has 1 amide bonds. The van der Waals surface area contributed by atoms with Crippen LogP contribution in [0.15, 0.2) is 24.3 Å². The minimum atomic E-state index is -0.641. The number of fused-ring (bicyclic) bond motifs is 1. The Balaban J connectivity index is 1.90. The molecule has 1 aromatic carbocycles. The summed E-state index contributed by atoms with van der Waals surface area (Å²) in [7, 11) is 0. The molecule has 4 nitrogen and oxygen atoms in total. The molecular weight excluding hydrogens is 264 g/mol. The molecule has 3 rings (SSSR count). The third kappa shape index (κ3) is 2.58. The van der Waals surface area contributed by atoms with Crippen LogP contribution in [0, 0.1) is 0 Å². The van der Waals surface area contributed by atoms with Crippen LogP contribution in [0.5, 0.6) is 0 Å². The Morgan fingerprint density at radius 1 is 1.48 bits per heavy atom. The molecule has 1 aromatic rings. The lowest BCUT2D eigenvalue weighted by molar-refractivity contribution is -0.136. The van der Waals surface area contributed by atoms with Gasteiger partial charge in [0.15, 0.2) is 0 Å². The van der Waals surface area contributed by atoms with Gasteiger partial charge in [0.2, 0.25) is 0 Å². The minimum absolute atomic E-state index is 0.113. The molecule has 2 aliphatic rings. The number of nitrogens with one attached hydrogen (secondary N) is 1. The molecule has 2 heterocycles. The fourth-order valence-electron chi connectivity index (χ4n) is 3.46. The van der Waals surface area contributed by atoms with Gasteiger partial charge in [-0.1, -0.05) is 25.1 Å². The van der Waals surface area contributed by atoms with Gasteiger partial charge in [-0.2, -0.15) is 0 Å². The van der Waals surface area contributed by atoms with Crippen LogP contribution in [0.2, 0.25) is 0 Å². The molecule has 2 atom stereocenters. The maximum absolute atomic E-state index is 12.9. The second-order valence-corrected chi connectivity index (χ2v) is 6.10. The Kier molecular flexibility index (Phi) is 4.00. The van der Waals surface area contributed by atoms with Gasteiger partial charge in [-0.25, -0.2) is 0 Å². The van der Waals surface area contributed by atoms with Crippen molar-refractivity contribution in [1.29, 1.82) is 0 Å². The van der Waals surface area contributed by atoms with E-state index in [0.717, 1.165) is 38.0 Å². The van der Waals surface area contributed by atoms with Gasteiger partial charge in [0.1, 0.15) is 5.60 Å². The number of para-hydroxylation sites is 1. The first-order chi connectivity index (χ1) is 10.2. The summed E-state index contributed by atoms with van der Waals surface area (Å²) in [4.78, 5) is 14.9. The zero-order valence-electron chi connectivity index (χ0n) is 12.9. The number of carbonyl (C=O) groups is 1. The van der Waals surface area contributed by atoms with Crippen LogP contribution in [0.3, 0.4) is 0 Å². The summed E-state index contributed by atoms with van der Waals surface area (Å²) < 4.78 is 5.74. The molecule has 0 aliphatic carbocycles. The normalized spacial score (nSPS) is 28.5. The molecule has 114 valence electrons. The number of ether oxygens (including phenoxy) is 1. The predicted octanol–water partition coefficient (Wildman–Crippen LogP) is 2.64. The summed E-state index contributed by atoms with van der Waals surface area (Å²) in [5, 5.41) is 3.51. The summed E-state index contributed by atoms with van der Waals surface area (Å²) in [5.74, 6) is 0.113. The molecule has 0 aromatic heterocycles. The fraction of sp³-hybridized carbons (Fsp3) is 0.588. The van der Waals surface area contributed by atoms with Crippen LogP contribution in [-0.2, 0) is 9.53 Å². The second kappa shape index (κ2) is 5.78. The summed E-state index contributed by atoms with van der Waals surface area (Å²) in [5.41, 5.74) is 1.62. The van der Waals surface area contributed by atoms with Crippen LogP contribution in [0.1, 0.15) is 44.7 Å². The Hall–Kier alpha value is -1.39. The van der Waals surface area contributed by atoms with Gasteiger partial charge in [0, 0.05) is 24.9 Å². The molecule has 1 fully saturated rings. The average molecular weight is 288 g/mol. The van der Waals surface area contributed by atoms with E-state index in [-0.39, 0.29) is 5.91 Å². The predicted molar refractivity (Wildman–Crippen MR) is 83.4 cm³/mol. The monoisotopic (exact) mass is 288 g/mol. The summed E-state index contributed by atoms with van der Waals surface area (Å²) in [6, 6.07) is 8.57. The SMILES string of the molecule is CCNC1CCN(C(=O)C2(C)CCCO2)c2ccccc21. The number of rotatable bonds is 3. The molecule has 0 radical (unpaired) electrons. The number of hydrogen-bond acceptors (Lipinski definition) is 3. The molecule has 0 spiro atoms. The fourth-order valence-corrected chi connectivity index (χ4v) is 3.46. The van der Waals surface area contributed by atoms with Gasteiger partial charge < -0.3 is 15.0 Å². The van der Waals surface area contributed by atoms with E-state index >= 15 is 0 Å². The van der Waals surface area contributed by atoms with E-state index in [4.69, 9.17) is 4.74 Å². The number of nitrogens with zero attached hydrogens (tertiary/aromatic N) is 1. The van der Waals surface area contributed by atoms with Gasteiger partial charge >= 0.3 is 0 Å². The van der Waals surface area contributed by atoms with Crippen molar-refractivity contribution in [1.82, 2.24) is 5.32 Å². The molecule has 1 saturated heterocycles. The number of hydrogen-bond donors (Lipinski definition) is 1. The van der Waals surface area contributed by atoms with E-state index in [1.807, 2.05) is 24.0 Å². The third-order valence-corrected chi connectivity index (χ3v) is 4.61. The first kappa shape index (κ1) is 14.5. The van der Waals surface area contributed by atoms with Gasteiger partial charge in [0.25, 0.3) is 5.91 Å². The third-order valence-electron chi connectivity index (χ3n) is 4.61. The van der Waals surface area contributed by atoms with E-state index in [0.29, 0.717) is 12.6 Å². The van der Waals surface area contributed by atoms with Crippen LogP contribution < -0.4 is 10.2 Å². The molecule has 0 bridgehead atoms. The smallest absolute Gasteiger partial charge is 0.258 e. The number of benzene rings is 1. The van der Waals surface area contributed by atoms with Crippen molar-refractivity contribution in [2.75, 3.05) is 24.6 Å². The van der Waals surface area contributed by atoms with Crippen molar-refractivity contribution in [3.8, 4) is 0 Å². The molecule has 2 unspecified atom stereocenters. The van der Waals surface area contributed by atoms with Gasteiger partial charge in [-0.15, -0.1) is 0 Å². The maximum atomic E-state index is 12.9. The molecule has 21 heavy (non-hydrogen) atoms. The molecule has 4 heteroatoms. The maximum Gasteiger partial charge on any atom is 0.258 e. The van der Waals surface area contributed by atoms with Crippen molar-refractivity contribution >= 4 is 11.6 Å². The van der Waals surface area contributed by atoms with E-state index < -0.39 is 5.60 Å². The largest absolute Gasteiger partial charge is 0.365 e. The Bertz CT molecular complexity index is 523. The zero-order valence-corrected chi connectivity index (χ0v) is 12.9. The summed E-state index contributed by atoms with van der Waals surface area (Å²) in [6.07, 6.45) is 2.74. The van der Waals surface area contributed by atoms with Crippen LogP contribution in [0.25, 0.3) is 0 Å². The highest BCUT2D eigenvalue weighted by atomic mass is 16.5. The highest BCUT2D eigenvalue weighted by Crippen LogP contribution is 2.37. The molecular formula is C17H24N2O2. The lowest BCUT2D eigenvalue weighted by Crippen LogP contribution is -2.50. The van der Waals surface area contributed by atoms with E-state index in [9.17, 15) is 4.79 Å². The lowest BCUT2D eigenvalue weighted by atomic mass is 9.93. The van der Waals surface area contributed by atoms with Crippen LogP contribution in [-0.4, -0.2) is 31.2 Å². The van der Waals surface area contributed by atoms with E-state index in [1.54, 1.807) is 0 Å². The van der Waals surface area contributed by atoms with Crippen molar-refractivity contribution in [3.05, 3.63) is 29.8 Å². The average Bonchev–Trinajstić information content (AvgIpc) is 2.95. The molecule has 0 saturated carbocycles. The Morgan fingerprint density at radius 3 is 3.00 bits per heavy atom. The summed E-state index contributed by atoms with van der Waals surface area (Å²) >= 11 is 0. The Morgan fingerprint density at radius 2 is 2.29 bits per heavy atom. The van der Waals surface area contributed by atoms with Gasteiger partial charge in [0.05, 0.1) is 0 Å². The highest BCUT2D eigenvalue weighted by molar-refractivity contribution is 6.00. The minimum Gasteiger partial charge on any atom is -0.365 e. The first-order valence-electron chi connectivity index (χ1n) is 7.94. The van der Waals surface area contributed by atoms with Gasteiger partial charge in [-0.3, -0.25) is 4.79 Å². The Labute approximate surface area is 126 Å². The molecule has 1 N–H and O–H groups in total. The van der Waals surface area contributed by atoms with Crippen molar-refractivity contribution in [3.63, 3.8) is 0 Å². The standard InChI is InChI=1S/C17H24N2O2/c1-3-18-14-9-11-19(15-8-5-4-7-13(14)15)16(20)17(2)10-6-12-21-17/h4-5,7-8,14,18H,3,6,9-12H2,1-2H3. The van der Waals surface area contributed by atoms with Crippen molar-refractivity contribution in [2.24, 2.45) is 0 Å². The second-order valence-electron chi connectivity index (χ2n) is 6.10. The summed E-state index contributed by atoms with van der Waals surface area (Å²) in [6.45, 7) is 6.44. The first-order valence-corrected chi connectivity index (χ1v) is 7.94. The zero-order chi connectivity index (χ0) is 14.9. The van der Waals surface area contributed by atoms with E-state index in [1.165, 1.54) is 5.56 Å². The van der Waals surface area contributed by atoms with Crippen molar-refractivity contribution < 1.29 is 9.53 Å². The topological polar surface area (TPSA) is 41.6 Å². The highest BCUT2D eigenvalue weighted by Gasteiger charge is 2.42. The number of anilines is 1. The number of carbonyl (C=O) groups excluding carboxylic acids is 1. The van der Waals surface area contributed by atoms with Crippen LogP contribution in [0.4, 0.5) is 5.69 Å². The lowest BCUT2D eigenvalue weighted by Gasteiger charge is -2.38. The van der Waals surface area contributed by atoms with Crippen molar-refractivity contribution in [2.45, 2.75) is 44.8 Å². The van der Waals surface area contributed by atoms with Gasteiger partial charge in [-0.05, 0) is 44.4 Å². The molecule has 2 aliphatic heterocycles.